The van der Waals surface area contributed by atoms with Crippen molar-refractivity contribution in [2.45, 2.75) is 18.9 Å². The van der Waals surface area contributed by atoms with Gasteiger partial charge in [-0.25, -0.2) is 0 Å². The highest BCUT2D eigenvalue weighted by atomic mass is 32.1. The van der Waals surface area contributed by atoms with Crippen LogP contribution in [-0.4, -0.2) is 19.7 Å². The maximum absolute atomic E-state index is 5.90. The minimum atomic E-state index is 0.479. The third kappa shape index (κ3) is 2.82. The summed E-state index contributed by atoms with van der Waals surface area (Å²) in [5, 5.41) is 5.62. The first-order valence-electron chi connectivity index (χ1n) is 6.77. The van der Waals surface area contributed by atoms with Gasteiger partial charge in [-0.1, -0.05) is 24.3 Å². The summed E-state index contributed by atoms with van der Waals surface area (Å²) in [4.78, 5) is 1.44. The lowest BCUT2D eigenvalue weighted by molar-refractivity contribution is 0.187. The number of thiophene rings is 1. The first-order chi connectivity index (χ1) is 9.36. The minimum absolute atomic E-state index is 0.479. The highest BCUT2D eigenvalue weighted by Gasteiger charge is 2.26. The average Bonchev–Trinajstić information content (AvgIpc) is 2.97. The number of nitrogens with one attached hydrogen (secondary N) is 1. The predicted molar refractivity (Wildman–Crippen MR) is 80.0 cm³/mol. The molecule has 0 amide bonds. The van der Waals surface area contributed by atoms with Crippen LogP contribution in [0, 0.1) is 5.92 Å². The number of benzene rings is 1. The van der Waals surface area contributed by atoms with Gasteiger partial charge < -0.3 is 10.1 Å². The van der Waals surface area contributed by atoms with E-state index >= 15 is 0 Å². The molecule has 1 aliphatic heterocycles. The van der Waals surface area contributed by atoms with Gasteiger partial charge in [0.2, 0.25) is 0 Å². The molecule has 1 aromatic heterocycles. The molecule has 0 fully saturated rings. The molecular weight excluding hydrogens is 254 g/mol. The van der Waals surface area contributed by atoms with Crippen molar-refractivity contribution in [2.75, 3.05) is 13.7 Å². The van der Waals surface area contributed by atoms with Crippen LogP contribution in [0.4, 0.5) is 0 Å². The first kappa shape index (κ1) is 12.7. The van der Waals surface area contributed by atoms with Crippen molar-refractivity contribution in [2.24, 2.45) is 5.92 Å². The molecule has 1 aliphatic rings. The van der Waals surface area contributed by atoms with Gasteiger partial charge >= 0.3 is 0 Å². The Kier molecular flexibility index (Phi) is 3.85. The second kappa shape index (κ2) is 5.76. The molecule has 2 heterocycles. The third-order valence-corrected chi connectivity index (χ3v) is 4.75. The van der Waals surface area contributed by atoms with Crippen LogP contribution in [0.25, 0.3) is 0 Å². The van der Waals surface area contributed by atoms with Crippen molar-refractivity contribution >= 4 is 11.3 Å². The van der Waals surface area contributed by atoms with Gasteiger partial charge in [-0.3, -0.25) is 0 Å². The second-order valence-corrected chi connectivity index (χ2v) is 6.09. The van der Waals surface area contributed by atoms with Gasteiger partial charge in [-0.15, -0.1) is 11.3 Å². The molecule has 2 nitrogen and oxygen atoms in total. The Morgan fingerprint density at radius 3 is 3.00 bits per heavy atom. The second-order valence-electron chi connectivity index (χ2n) is 5.06. The molecule has 2 aromatic rings. The van der Waals surface area contributed by atoms with Gasteiger partial charge in [-0.2, -0.15) is 0 Å². The summed E-state index contributed by atoms with van der Waals surface area (Å²) >= 11 is 1.84. The maximum atomic E-state index is 5.90. The van der Waals surface area contributed by atoms with E-state index < -0.39 is 0 Å². The molecular formula is C16H19NOS. The molecule has 100 valence electrons. The number of hydrogen-bond donors (Lipinski definition) is 1. The Bertz CT molecular complexity index is 523. The molecule has 3 rings (SSSR count). The normalized spacial score (nSPS) is 19.5. The zero-order valence-electron chi connectivity index (χ0n) is 11.1. The summed E-state index contributed by atoms with van der Waals surface area (Å²) in [5.74, 6) is 1.60. The Hall–Kier alpha value is -1.32. The largest absolute Gasteiger partial charge is 0.493 e. The zero-order valence-corrected chi connectivity index (χ0v) is 12.0. The van der Waals surface area contributed by atoms with Gasteiger partial charge in [0.15, 0.2) is 0 Å². The van der Waals surface area contributed by atoms with Gasteiger partial charge in [0.05, 0.1) is 6.61 Å². The van der Waals surface area contributed by atoms with Crippen LogP contribution in [0.15, 0.2) is 41.8 Å². The van der Waals surface area contributed by atoms with Crippen LogP contribution in [0.3, 0.4) is 0 Å². The van der Waals surface area contributed by atoms with E-state index in [4.69, 9.17) is 4.74 Å². The summed E-state index contributed by atoms with van der Waals surface area (Å²) in [6.45, 7) is 0.813. The molecule has 3 heteroatoms. The van der Waals surface area contributed by atoms with E-state index in [1.807, 2.05) is 17.4 Å². The molecule has 1 aromatic carbocycles. The Labute approximate surface area is 118 Å². The fraction of sp³-hybridized carbons (Fsp3) is 0.375. The SMILES string of the molecule is CNC(Cc1cccs1)C1COc2ccccc2C1. The molecule has 0 saturated carbocycles. The van der Waals surface area contributed by atoms with E-state index in [0.29, 0.717) is 12.0 Å². The summed E-state index contributed by atoms with van der Waals surface area (Å²) in [6.07, 6.45) is 2.19. The van der Waals surface area contributed by atoms with Crippen molar-refractivity contribution in [3.8, 4) is 5.75 Å². The van der Waals surface area contributed by atoms with Crippen molar-refractivity contribution in [1.29, 1.82) is 0 Å². The molecule has 0 saturated heterocycles. The maximum Gasteiger partial charge on any atom is 0.122 e. The van der Waals surface area contributed by atoms with Crippen molar-refractivity contribution in [3.63, 3.8) is 0 Å². The van der Waals surface area contributed by atoms with Crippen molar-refractivity contribution in [3.05, 3.63) is 52.2 Å². The number of rotatable bonds is 4. The number of hydrogen-bond acceptors (Lipinski definition) is 3. The Balaban J connectivity index is 1.72. The van der Waals surface area contributed by atoms with E-state index in [-0.39, 0.29) is 0 Å². The van der Waals surface area contributed by atoms with Crippen LogP contribution in [-0.2, 0) is 12.8 Å². The van der Waals surface area contributed by atoms with Gasteiger partial charge in [0.25, 0.3) is 0 Å². The molecule has 1 N–H and O–H groups in total. The molecule has 0 radical (unpaired) electrons. The summed E-state index contributed by atoms with van der Waals surface area (Å²) in [6, 6.07) is 13.2. The van der Waals surface area contributed by atoms with Crippen molar-refractivity contribution < 1.29 is 4.74 Å². The molecule has 2 unspecified atom stereocenters. The van der Waals surface area contributed by atoms with Gasteiger partial charge in [-0.05, 0) is 43.0 Å². The van der Waals surface area contributed by atoms with Gasteiger partial charge in [0.1, 0.15) is 5.75 Å². The molecule has 0 bridgehead atoms. The fourth-order valence-electron chi connectivity index (χ4n) is 2.76. The predicted octanol–water partition coefficient (Wildman–Crippen LogP) is 3.13. The average molecular weight is 273 g/mol. The lowest BCUT2D eigenvalue weighted by Gasteiger charge is -2.31. The topological polar surface area (TPSA) is 21.3 Å². The van der Waals surface area contributed by atoms with Crippen LogP contribution in [0.1, 0.15) is 10.4 Å². The quantitative estimate of drug-likeness (QED) is 0.924. The van der Waals surface area contributed by atoms with Gasteiger partial charge in [0, 0.05) is 16.8 Å². The molecule has 0 aliphatic carbocycles. The van der Waals surface area contributed by atoms with E-state index in [1.54, 1.807) is 0 Å². The lowest BCUT2D eigenvalue weighted by Crippen LogP contribution is -2.41. The highest BCUT2D eigenvalue weighted by molar-refractivity contribution is 7.09. The van der Waals surface area contributed by atoms with Crippen LogP contribution >= 0.6 is 11.3 Å². The number of fused-ring (bicyclic) bond motifs is 1. The smallest absolute Gasteiger partial charge is 0.122 e. The summed E-state index contributed by atoms with van der Waals surface area (Å²) < 4.78 is 5.90. The van der Waals surface area contributed by atoms with E-state index in [1.165, 1.54) is 10.4 Å². The zero-order chi connectivity index (χ0) is 13.1. The molecule has 19 heavy (non-hydrogen) atoms. The van der Waals surface area contributed by atoms with E-state index in [9.17, 15) is 0 Å². The van der Waals surface area contributed by atoms with E-state index in [0.717, 1.165) is 25.2 Å². The first-order valence-corrected chi connectivity index (χ1v) is 7.65. The number of para-hydroxylation sites is 1. The molecule has 0 spiro atoms. The minimum Gasteiger partial charge on any atom is -0.493 e. The molecule has 2 atom stereocenters. The number of ether oxygens (including phenoxy) is 1. The Morgan fingerprint density at radius 2 is 2.21 bits per heavy atom. The van der Waals surface area contributed by atoms with Crippen molar-refractivity contribution in [1.82, 2.24) is 5.32 Å². The van der Waals surface area contributed by atoms with E-state index in [2.05, 4.69) is 48.1 Å². The van der Waals surface area contributed by atoms with Crippen LogP contribution in [0.2, 0.25) is 0 Å². The lowest BCUT2D eigenvalue weighted by atomic mass is 9.88. The number of likely N-dealkylation sites (N-methyl/N-ethyl adjacent to an activating group) is 1. The Morgan fingerprint density at radius 1 is 1.32 bits per heavy atom. The standard InChI is InChI=1S/C16H19NOS/c1-17-15(10-14-6-4-8-19-14)13-9-12-5-2-3-7-16(12)18-11-13/h2-8,13,15,17H,9-11H2,1H3. The van der Waals surface area contributed by atoms with Crippen LogP contribution < -0.4 is 10.1 Å². The summed E-state index contributed by atoms with van der Waals surface area (Å²) in [7, 11) is 2.05. The highest BCUT2D eigenvalue weighted by Crippen LogP contribution is 2.29. The fourth-order valence-corrected chi connectivity index (χ4v) is 3.52. The third-order valence-electron chi connectivity index (χ3n) is 3.85. The monoisotopic (exact) mass is 273 g/mol. The summed E-state index contributed by atoms with van der Waals surface area (Å²) in [5.41, 5.74) is 1.34. The van der Waals surface area contributed by atoms with Crippen LogP contribution in [0.5, 0.6) is 5.75 Å².